The number of rotatable bonds is 7. The van der Waals surface area contributed by atoms with Crippen molar-refractivity contribution in [2.24, 2.45) is 5.92 Å². The summed E-state index contributed by atoms with van der Waals surface area (Å²) >= 11 is 0. The Hall–Kier alpha value is -3.67. The summed E-state index contributed by atoms with van der Waals surface area (Å²) in [6.07, 6.45) is 2.74. The van der Waals surface area contributed by atoms with E-state index in [2.05, 4.69) is 23.1 Å². The van der Waals surface area contributed by atoms with Crippen molar-refractivity contribution in [1.29, 1.82) is 0 Å². The molecule has 2 bridgehead atoms. The van der Waals surface area contributed by atoms with E-state index in [9.17, 15) is 14.4 Å². The number of hydrogen-bond acceptors (Lipinski definition) is 9. The second kappa shape index (κ2) is 11.7. The molecule has 220 valence electrons. The Labute approximate surface area is 237 Å². The monoisotopic (exact) mass is 569 g/mol. The highest BCUT2D eigenvalue weighted by Crippen LogP contribution is 2.56. The molecule has 6 rings (SSSR count). The summed E-state index contributed by atoms with van der Waals surface area (Å²) in [6.45, 7) is 1.69. The predicted molar refractivity (Wildman–Crippen MR) is 144 cm³/mol. The van der Waals surface area contributed by atoms with Crippen LogP contribution >= 0.6 is 0 Å². The molecule has 0 aromatic heterocycles. The van der Waals surface area contributed by atoms with Gasteiger partial charge in [-0.2, -0.15) is 0 Å². The number of aliphatic hydroxyl groups is 2. The number of methoxy groups -OCH3 is 1. The van der Waals surface area contributed by atoms with Crippen molar-refractivity contribution in [2.75, 3.05) is 27.0 Å². The average Bonchev–Trinajstić information content (AvgIpc) is 3.46. The van der Waals surface area contributed by atoms with Crippen molar-refractivity contribution in [3.8, 4) is 17.2 Å². The summed E-state index contributed by atoms with van der Waals surface area (Å²) in [5, 5.41) is 32.5. The molecule has 2 aliphatic heterocycles. The Bertz CT molecular complexity index is 1310. The summed E-state index contributed by atoms with van der Waals surface area (Å²) in [5.41, 5.74) is 3.94. The van der Waals surface area contributed by atoms with Gasteiger partial charge >= 0.3 is 11.9 Å². The van der Waals surface area contributed by atoms with E-state index in [1.165, 1.54) is 36.8 Å². The number of likely N-dealkylation sites (tertiary alicyclic amines) is 1. The number of fused-ring (bicyclic) bond motifs is 2. The number of ketones is 1. The van der Waals surface area contributed by atoms with Crippen LogP contribution in [-0.4, -0.2) is 88.3 Å². The van der Waals surface area contributed by atoms with Crippen molar-refractivity contribution in [1.82, 2.24) is 4.90 Å². The maximum absolute atomic E-state index is 13.2. The van der Waals surface area contributed by atoms with Crippen LogP contribution in [0.4, 0.5) is 0 Å². The minimum Gasteiger partial charge on any atom is -0.497 e. The summed E-state index contributed by atoms with van der Waals surface area (Å²) in [7, 11) is 1.76. The normalized spacial score (nSPS) is 25.4. The third-order valence-electron chi connectivity index (χ3n) is 9.01. The lowest BCUT2D eigenvalue weighted by Crippen LogP contribution is -2.61. The maximum Gasteiger partial charge on any atom is 0.335 e. The minimum atomic E-state index is -2.27. The number of Topliss-reactive ketones (excluding diaryl/α,β-unsaturated/α-hetero) is 1. The number of aliphatic carboxylic acids is 2. The van der Waals surface area contributed by atoms with Gasteiger partial charge in [-0.05, 0) is 79.6 Å². The van der Waals surface area contributed by atoms with Gasteiger partial charge in [0.1, 0.15) is 5.75 Å². The Morgan fingerprint density at radius 2 is 1.73 bits per heavy atom. The van der Waals surface area contributed by atoms with E-state index in [0.717, 1.165) is 30.9 Å². The topological polar surface area (TPSA) is 163 Å². The summed E-state index contributed by atoms with van der Waals surface area (Å²) in [5.74, 6) is -0.375. The van der Waals surface area contributed by atoms with Gasteiger partial charge < -0.3 is 34.6 Å². The fourth-order valence-corrected chi connectivity index (χ4v) is 7.00. The van der Waals surface area contributed by atoms with E-state index in [0.29, 0.717) is 29.8 Å². The zero-order valence-electron chi connectivity index (χ0n) is 22.8. The first kappa shape index (κ1) is 28.8. The highest BCUT2D eigenvalue weighted by Gasteiger charge is 2.54. The lowest BCUT2D eigenvalue weighted by molar-refractivity contribution is -0.165. The Morgan fingerprint density at radius 3 is 2.44 bits per heavy atom. The molecular formula is C30H35NO10. The van der Waals surface area contributed by atoms with Gasteiger partial charge in [0.2, 0.25) is 6.79 Å². The van der Waals surface area contributed by atoms with Crippen molar-refractivity contribution >= 4 is 17.7 Å². The maximum atomic E-state index is 13.2. The number of hydrogen-bond donors (Lipinski definition) is 4. The molecule has 1 saturated carbocycles. The molecule has 0 amide bonds. The van der Waals surface area contributed by atoms with Gasteiger partial charge in [0.05, 0.1) is 13.7 Å². The summed E-state index contributed by atoms with van der Waals surface area (Å²) in [4.78, 5) is 35.2. The number of piperidine rings is 1. The van der Waals surface area contributed by atoms with Gasteiger partial charge in [0, 0.05) is 17.0 Å². The van der Waals surface area contributed by atoms with Gasteiger partial charge in [0.15, 0.2) is 29.5 Å². The van der Waals surface area contributed by atoms with Crippen LogP contribution in [-0.2, 0) is 21.4 Å². The van der Waals surface area contributed by atoms with Gasteiger partial charge in [-0.25, -0.2) is 9.59 Å². The average molecular weight is 570 g/mol. The highest BCUT2D eigenvalue weighted by atomic mass is 16.7. The number of aliphatic hydroxyl groups excluding tert-OH is 2. The Kier molecular flexibility index (Phi) is 8.21. The molecule has 41 heavy (non-hydrogen) atoms. The third kappa shape index (κ3) is 5.49. The molecule has 2 aromatic carbocycles. The first-order chi connectivity index (χ1) is 19.6. The Balaban J connectivity index is 0.000000292. The smallest absolute Gasteiger partial charge is 0.335 e. The van der Waals surface area contributed by atoms with E-state index in [4.69, 9.17) is 34.6 Å². The van der Waals surface area contributed by atoms with Crippen molar-refractivity contribution < 1.29 is 49.0 Å². The van der Waals surface area contributed by atoms with E-state index in [1.54, 1.807) is 7.11 Å². The molecule has 4 N–H and O–H groups in total. The van der Waals surface area contributed by atoms with Crippen LogP contribution in [0.15, 0.2) is 36.4 Å². The van der Waals surface area contributed by atoms with Crippen molar-refractivity contribution in [3.63, 3.8) is 0 Å². The standard InChI is InChI=1S/C26H29NO4.C4H6O6/c1-29-19-7-5-17-12-22-20-4-2-3-9-26(20,21(17)14-19)10-11-27(22)15-23(28)18-6-8-24-25(13-18)31-16-30-24;5-1(3(7)8)2(6)4(9)10/h5-8,13-14,20,22H,2-4,9-12,15-16H2,1H3;1-2,5-6H,(H,7,8)(H,9,10)/t20-,22-,26+;1-,2-/m01/s1. The first-order valence-electron chi connectivity index (χ1n) is 13.8. The second-order valence-corrected chi connectivity index (χ2v) is 11.1. The number of ether oxygens (including phenoxy) is 3. The number of carbonyl (C=O) groups is 3. The molecule has 11 heteroatoms. The summed E-state index contributed by atoms with van der Waals surface area (Å²) in [6, 6.07) is 12.6. The lowest BCUT2D eigenvalue weighted by Gasteiger charge is -2.59. The quantitative estimate of drug-likeness (QED) is 0.362. The largest absolute Gasteiger partial charge is 0.497 e. The van der Waals surface area contributed by atoms with E-state index < -0.39 is 24.1 Å². The fraction of sp³-hybridized carbons (Fsp3) is 0.500. The van der Waals surface area contributed by atoms with Crippen LogP contribution in [0.1, 0.15) is 53.6 Å². The van der Waals surface area contributed by atoms with Gasteiger partial charge in [-0.3, -0.25) is 9.69 Å². The third-order valence-corrected chi connectivity index (χ3v) is 9.01. The molecule has 2 heterocycles. The molecular weight excluding hydrogens is 534 g/mol. The lowest BCUT2D eigenvalue weighted by atomic mass is 9.52. The van der Waals surface area contributed by atoms with Gasteiger partial charge in [0.25, 0.3) is 0 Å². The molecule has 0 unspecified atom stereocenters. The molecule has 11 nitrogen and oxygen atoms in total. The van der Waals surface area contributed by atoms with E-state index in [-0.39, 0.29) is 18.0 Å². The minimum absolute atomic E-state index is 0.169. The number of carbonyl (C=O) groups excluding carboxylic acids is 1. The molecule has 2 fully saturated rings. The molecule has 1 saturated heterocycles. The summed E-state index contributed by atoms with van der Waals surface area (Å²) < 4.78 is 16.4. The molecule has 2 aromatic rings. The molecule has 2 aliphatic carbocycles. The zero-order chi connectivity index (χ0) is 29.3. The van der Waals surface area contributed by atoms with Crippen LogP contribution < -0.4 is 14.2 Å². The molecule has 4 aliphatic rings. The fourth-order valence-electron chi connectivity index (χ4n) is 7.00. The number of carboxylic acid groups (broad SMARTS) is 2. The van der Waals surface area contributed by atoms with Crippen molar-refractivity contribution in [3.05, 3.63) is 53.1 Å². The van der Waals surface area contributed by atoms with Crippen LogP contribution in [0, 0.1) is 5.92 Å². The first-order valence-corrected chi connectivity index (χ1v) is 13.8. The molecule has 0 radical (unpaired) electrons. The van der Waals surface area contributed by atoms with Crippen LogP contribution in [0.3, 0.4) is 0 Å². The van der Waals surface area contributed by atoms with E-state index in [1.807, 2.05) is 18.2 Å². The van der Waals surface area contributed by atoms with Crippen molar-refractivity contribution in [2.45, 2.75) is 62.2 Å². The predicted octanol–water partition coefficient (Wildman–Crippen LogP) is 2.24. The number of carboxylic acids is 2. The SMILES string of the molecule is COc1ccc2c(c1)[C@@]13CCCC[C@H]1[C@H](C2)N(CC(=O)c1ccc2c(c1)OCO2)CC3.O=C(O)[C@H](O)[C@@H](O)C(=O)O. The molecule has 5 atom stereocenters. The molecule has 0 spiro atoms. The van der Waals surface area contributed by atoms with Gasteiger partial charge in [-0.1, -0.05) is 18.9 Å². The highest BCUT2D eigenvalue weighted by molar-refractivity contribution is 5.98. The second-order valence-electron chi connectivity index (χ2n) is 11.1. The van der Waals surface area contributed by atoms with Gasteiger partial charge in [-0.15, -0.1) is 0 Å². The number of nitrogens with zero attached hydrogens (tertiary/aromatic N) is 1. The number of benzene rings is 2. The Morgan fingerprint density at radius 1 is 1.00 bits per heavy atom. The van der Waals surface area contributed by atoms with Crippen LogP contribution in [0.2, 0.25) is 0 Å². The van der Waals surface area contributed by atoms with E-state index >= 15 is 0 Å². The zero-order valence-corrected chi connectivity index (χ0v) is 22.8. The van der Waals surface area contributed by atoms with Crippen LogP contribution in [0.5, 0.6) is 17.2 Å². The van der Waals surface area contributed by atoms with Crippen LogP contribution in [0.25, 0.3) is 0 Å².